The van der Waals surface area contributed by atoms with Gasteiger partial charge in [0.1, 0.15) is 5.75 Å². The van der Waals surface area contributed by atoms with E-state index in [-0.39, 0.29) is 10.6 Å². The summed E-state index contributed by atoms with van der Waals surface area (Å²) >= 11 is 3.10. The monoisotopic (exact) mass is 428 g/mol. The van der Waals surface area contributed by atoms with Crippen molar-refractivity contribution in [3.05, 3.63) is 62.6 Å². The first-order chi connectivity index (χ1) is 11.7. The first-order valence-electron chi connectivity index (χ1n) is 7.43. The predicted molar refractivity (Wildman–Crippen MR) is 97.1 cm³/mol. The summed E-state index contributed by atoms with van der Waals surface area (Å²) in [5.74, 6) is 0.643. The van der Waals surface area contributed by atoms with Crippen LogP contribution in [0.4, 0.5) is 5.69 Å². The lowest BCUT2D eigenvalue weighted by molar-refractivity contribution is -0.385. The van der Waals surface area contributed by atoms with Gasteiger partial charge in [-0.2, -0.15) is 0 Å². The smallest absolute Gasteiger partial charge is 0.271 e. The molecule has 0 saturated carbocycles. The molecule has 0 saturated heterocycles. The molecule has 2 rings (SSSR count). The Morgan fingerprint density at radius 1 is 1.28 bits per heavy atom. The fourth-order valence-corrected chi connectivity index (χ4v) is 4.15. The number of nitro benzene ring substituents is 1. The zero-order valence-electron chi connectivity index (χ0n) is 13.6. The lowest BCUT2D eigenvalue weighted by atomic mass is 10.1. The summed E-state index contributed by atoms with van der Waals surface area (Å²) in [6, 6.07) is 10.1. The number of halogens is 1. The summed E-state index contributed by atoms with van der Waals surface area (Å²) in [4.78, 5) is 10.1. The predicted octanol–water partition coefficient (Wildman–Crippen LogP) is 3.80. The molecule has 0 bridgehead atoms. The Hall–Kier alpha value is -1.97. The van der Waals surface area contributed by atoms with Gasteiger partial charge in [-0.05, 0) is 37.6 Å². The number of non-ortho nitro benzene ring substituents is 1. The van der Waals surface area contributed by atoms with Crippen LogP contribution in [0.15, 0.2) is 51.8 Å². The Bertz CT molecular complexity index is 886. The van der Waals surface area contributed by atoms with Crippen molar-refractivity contribution >= 4 is 31.6 Å². The maximum absolute atomic E-state index is 12.6. The summed E-state index contributed by atoms with van der Waals surface area (Å²) < 4.78 is 33.4. The van der Waals surface area contributed by atoms with E-state index in [0.717, 1.165) is 11.6 Å². The van der Waals surface area contributed by atoms with Crippen molar-refractivity contribution in [2.75, 3.05) is 6.61 Å². The summed E-state index contributed by atoms with van der Waals surface area (Å²) in [5.41, 5.74) is 0.416. The molecule has 0 aliphatic rings. The molecule has 0 aliphatic carbocycles. The van der Waals surface area contributed by atoms with Crippen molar-refractivity contribution in [2.24, 2.45) is 0 Å². The number of sulfonamides is 1. The van der Waals surface area contributed by atoms with Gasteiger partial charge < -0.3 is 4.74 Å². The Labute approximate surface area is 154 Å². The van der Waals surface area contributed by atoms with Gasteiger partial charge in [0.2, 0.25) is 10.0 Å². The highest BCUT2D eigenvalue weighted by molar-refractivity contribution is 9.10. The number of hydrogen-bond acceptors (Lipinski definition) is 5. The van der Waals surface area contributed by atoms with Gasteiger partial charge >= 0.3 is 0 Å². The molecule has 0 aromatic heterocycles. The topological polar surface area (TPSA) is 98.5 Å². The highest BCUT2D eigenvalue weighted by Crippen LogP contribution is 2.26. The lowest BCUT2D eigenvalue weighted by Gasteiger charge is -2.16. The Kier molecular flexibility index (Phi) is 6.15. The number of benzene rings is 2. The highest BCUT2D eigenvalue weighted by Gasteiger charge is 2.22. The fraction of sp³-hybridized carbons (Fsp3) is 0.250. The molecule has 0 heterocycles. The molecule has 0 aliphatic heterocycles. The third-order valence-corrected chi connectivity index (χ3v) is 5.36. The Balaban J connectivity index is 2.29. The van der Waals surface area contributed by atoms with Gasteiger partial charge in [0.15, 0.2) is 0 Å². The van der Waals surface area contributed by atoms with Crippen LogP contribution in [0.5, 0.6) is 5.75 Å². The van der Waals surface area contributed by atoms with Crippen LogP contribution in [0.1, 0.15) is 25.5 Å². The maximum Gasteiger partial charge on any atom is 0.271 e. The summed E-state index contributed by atoms with van der Waals surface area (Å²) in [5, 5.41) is 10.9. The standard InChI is InChI=1S/C16H17BrN2O5S/c1-3-24-15-6-4-5-12(7-15)11(2)18-25(22,23)16-9-13(17)8-14(10-16)19(20)21/h4-11,18H,3H2,1-2H3. The molecule has 1 unspecified atom stereocenters. The second-order valence-corrected chi connectivity index (χ2v) is 7.88. The Morgan fingerprint density at radius 2 is 2.00 bits per heavy atom. The molecule has 1 N–H and O–H groups in total. The van der Waals surface area contributed by atoms with Gasteiger partial charge in [0.05, 0.1) is 16.4 Å². The molecule has 2 aromatic rings. The van der Waals surface area contributed by atoms with E-state index >= 15 is 0 Å². The summed E-state index contributed by atoms with van der Waals surface area (Å²) in [6.07, 6.45) is 0. The number of hydrogen-bond donors (Lipinski definition) is 1. The summed E-state index contributed by atoms with van der Waals surface area (Å²) in [6.45, 7) is 4.05. The lowest BCUT2D eigenvalue weighted by Crippen LogP contribution is -2.27. The van der Waals surface area contributed by atoms with Gasteiger partial charge in [0.25, 0.3) is 5.69 Å². The van der Waals surface area contributed by atoms with Gasteiger partial charge in [-0.3, -0.25) is 10.1 Å². The molecular formula is C16H17BrN2O5S. The number of nitrogens with one attached hydrogen (secondary N) is 1. The average Bonchev–Trinajstić information content (AvgIpc) is 2.54. The normalized spacial score (nSPS) is 12.6. The van der Waals surface area contributed by atoms with Gasteiger partial charge in [0, 0.05) is 22.6 Å². The van der Waals surface area contributed by atoms with Gasteiger partial charge in [-0.25, -0.2) is 13.1 Å². The number of nitro groups is 1. The molecule has 7 nitrogen and oxygen atoms in total. The highest BCUT2D eigenvalue weighted by atomic mass is 79.9. The molecule has 134 valence electrons. The molecular weight excluding hydrogens is 412 g/mol. The van der Waals surface area contributed by atoms with E-state index in [4.69, 9.17) is 4.74 Å². The van der Waals surface area contributed by atoms with Crippen molar-refractivity contribution in [3.8, 4) is 5.75 Å². The van der Waals surface area contributed by atoms with Crippen LogP contribution in [0.3, 0.4) is 0 Å². The first kappa shape index (κ1) is 19.4. The minimum atomic E-state index is -3.94. The van der Waals surface area contributed by atoms with E-state index in [0.29, 0.717) is 16.8 Å². The van der Waals surface area contributed by atoms with Gasteiger partial charge in [-0.15, -0.1) is 0 Å². The molecule has 0 radical (unpaired) electrons. The first-order valence-corrected chi connectivity index (χ1v) is 9.70. The maximum atomic E-state index is 12.6. The van der Waals surface area contributed by atoms with Crippen LogP contribution < -0.4 is 9.46 Å². The molecule has 2 aromatic carbocycles. The number of rotatable bonds is 7. The fourth-order valence-electron chi connectivity index (χ4n) is 2.22. The number of ether oxygens (including phenoxy) is 1. The van der Waals surface area contributed by atoms with Crippen LogP contribution in [0.2, 0.25) is 0 Å². The molecule has 9 heteroatoms. The van der Waals surface area contributed by atoms with Gasteiger partial charge in [-0.1, -0.05) is 28.1 Å². The van der Waals surface area contributed by atoms with E-state index in [2.05, 4.69) is 20.7 Å². The third kappa shape index (κ3) is 5.00. The second kappa shape index (κ2) is 7.94. The van der Waals surface area contributed by atoms with Crippen molar-refractivity contribution in [2.45, 2.75) is 24.8 Å². The zero-order chi connectivity index (χ0) is 18.6. The van der Waals surface area contributed by atoms with E-state index < -0.39 is 21.0 Å². The van der Waals surface area contributed by atoms with E-state index in [1.54, 1.807) is 31.2 Å². The second-order valence-electron chi connectivity index (χ2n) is 5.25. The number of nitrogens with zero attached hydrogens (tertiary/aromatic N) is 1. The van der Waals surface area contributed by atoms with Crippen molar-refractivity contribution in [1.29, 1.82) is 0 Å². The third-order valence-electron chi connectivity index (χ3n) is 3.38. The molecule has 0 spiro atoms. The van der Waals surface area contributed by atoms with E-state index in [1.165, 1.54) is 12.1 Å². The van der Waals surface area contributed by atoms with Crippen LogP contribution in [-0.4, -0.2) is 19.9 Å². The SMILES string of the molecule is CCOc1cccc(C(C)NS(=O)(=O)c2cc(Br)cc([N+](=O)[O-])c2)c1. The van der Waals surface area contributed by atoms with Crippen LogP contribution in [-0.2, 0) is 10.0 Å². The molecule has 1 atom stereocenters. The average molecular weight is 429 g/mol. The van der Waals surface area contributed by atoms with Crippen LogP contribution >= 0.6 is 15.9 Å². The molecule has 25 heavy (non-hydrogen) atoms. The minimum absolute atomic E-state index is 0.179. The van der Waals surface area contributed by atoms with Crippen LogP contribution in [0.25, 0.3) is 0 Å². The van der Waals surface area contributed by atoms with Crippen LogP contribution in [0, 0.1) is 10.1 Å². The van der Waals surface area contributed by atoms with Crippen molar-refractivity contribution in [1.82, 2.24) is 4.72 Å². The molecule has 0 amide bonds. The van der Waals surface area contributed by atoms with E-state index in [1.807, 2.05) is 6.92 Å². The molecule has 0 fully saturated rings. The quantitative estimate of drug-likeness (QED) is 0.533. The summed E-state index contributed by atoms with van der Waals surface area (Å²) in [7, 11) is -3.94. The minimum Gasteiger partial charge on any atom is -0.494 e. The largest absolute Gasteiger partial charge is 0.494 e. The van der Waals surface area contributed by atoms with Crippen molar-refractivity contribution in [3.63, 3.8) is 0 Å². The van der Waals surface area contributed by atoms with Crippen molar-refractivity contribution < 1.29 is 18.1 Å². The van der Waals surface area contributed by atoms with E-state index in [9.17, 15) is 18.5 Å². The zero-order valence-corrected chi connectivity index (χ0v) is 16.0. The Morgan fingerprint density at radius 3 is 2.64 bits per heavy atom.